The molecule has 0 atom stereocenters. The molecule has 1 aromatic rings. The summed E-state index contributed by atoms with van der Waals surface area (Å²) in [5.41, 5.74) is 0. The Morgan fingerprint density at radius 3 is 3.15 bits per heavy atom. The second kappa shape index (κ2) is 5.39. The summed E-state index contributed by atoms with van der Waals surface area (Å²) in [6, 6.07) is 1.77. The third kappa shape index (κ3) is 3.77. The molecule has 0 spiro atoms. The van der Waals surface area contributed by atoms with Gasteiger partial charge in [-0.05, 0) is 24.1 Å². The number of aromatic nitrogens is 2. The van der Waals surface area contributed by atoms with Crippen molar-refractivity contribution < 1.29 is 0 Å². The molecular formula is C9H10ClN3. The molecular weight excluding hydrogens is 186 g/mol. The van der Waals surface area contributed by atoms with Crippen LogP contribution in [-0.2, 0) is 0 Å². The van der Waals surface area contributed by atoms with E-state index < -0.39 is 0 Å². The van der Waals surface area contributed by atoms with Crippen LogP contribution in [0.4, 0.5) is 5.82 Å². The highest BCUT2D eigenvalue weighted by molar-refractivity contribution is 6.28. The molecule has 4 heteroatoms. The van der Waals surface area contributed by atoms with Crippen LogP contribution < -0.4 is 5.32 Å². The molecule has 1 N–H and O–H groups in total. The van der Waals surface area contributed by atoms with Crippen LogP contribution >= 0.6 is 11.6 Å². The molecule has 0 aliphatic rings. The maximum absolute atomic E-state index is 5.59. The van der Waals surface area contributed by atoms with E-state index in [0.29, 0.717) is 0 Å². The monoisotopic (exact) mass is 195 g/mol. The van der Waals surface area contributed by atoms with Crippen molar-refractivity contribution in [3.05, 3.63) is 17.5 Å². The second-order valence-corrected chi connectivity index (χ2v) is 2.78. The maximum atomic E-state index is 5.59. The highest BCUT2D eigenvalue weighted by Gasteiger charge is 1.94. The average Bonchev–Trinajstić information content (AvgIpc) is 2.13. The first-order chi connectivity index (χ1) is 6.33. The number of halogens is 1. The van der Waals surface area contributed by atoms with Gasteiger partial charge < -0.3 is 5.32 Å². The number of hydrogen-bond acceptors (Lipinski definition) is 3. The lowest BCUT2D eigenvalue weighted by molar-refractivity contribution is 0.899. The molecule has 0 saturated heterocycles. The molecule has 3 nitrogen and oxygen atoms in total. The molecule has 0 aliphatic heterocycles. The molecule has 1 aromatic heterocycles. The fourth-order valence-corrected chi connectivity index (χ4v) is 0.988. The maximum Gasteiger partial charge on any atom is 0.224 e. The number of anilines is 1. The Hall–Kier alpha value is -1.27. The van der Waals surface area contributed by atoms with Crippen LogP contribution in [0.5, 0.6) is 0 Å². The van der Waals surface area contributed by atoms with Crippen LogP contribution in [0.25, 0.3) is 0 Å². The quantitative estimate of drug-likeness (QED) is 0.454. The Morgan fingerprint density at radius 2 is 2.46 bits per heavy atom. The van der Waals surface area contributed by atoms with Gasteiger partial charge in [0.15, 0.2) is 0 Å². The second-order valence-electron chi connectivity index (χ2n) is 2.45. The lowest BCUT2D eigenvalue weighted by atomic mass is 10.3. The summed E-state index contributed by atoms with van der Waals surface area (Å²) in [5.74, 6) is 3.30. The van der Waals surface area contributed by atoms with Gasteiger partial charge in [-0.3, -0.25) is 0 Å². The normalized spacial score (nSPS) is 9.23. The summed E-state index contributed by atoms with van der Waals surface area (Å²) in [6.07, 6.45) is 8.42. The molecule has 0 aromatic carbocycles. The molecule has 0 amide bonds. The van der Waals surface area contributed by atoms with E-state index in [2.05, 4.69) is 21.2 Å². The van der Waals surface area contributed by atoms with Crippen LogP contribution in [0.1, 0.15) is 12.8 Å². The fourth-order valence-electron chi connectivity index (χ4n) is 0.840. The van der Waals surface area contributed by atoms with E-state index in [1.807, 2.05) is 0 Å². The van der Waals surface area contributed by atoms with Crippen molar-refractivity contribution in [1.82, 2.24) is 9.97 Å². The van der Waals surface area contributed by atoms with Crippen LogP contribution in [0.3, 0.4) is 0 Å². The standard InChI is InChI=1S/C9H10ClN3/c1-2-3-4-6-11-8-5-7-12-9(10)13-8/h1,5,7H,3-4,6H2,(H,11,12,13). The zero-order valence-electron chi connectivity index (χ0n) is 7.13. The molecule has 0 saturated carbocycles. The Bertz CT molecular complexity index is 306. The lowest BCUT2D eigenvalue weighted by Gasteiger charge is -2.02. The van der Waals surface area contributed by atoms with E-state index in [1.54, 1.807) is 12.3 Å². The summed E-state index contributed by atoms with van der Waals surface area (Å²) >= 11 is 5.59. The Kier molecular flexibility index (Phi) is 4.07. The first kappa shape index (κ1) is 9.82. The number of unbranched alkanes of at least 4 members (excludes halogenated alkanes) is 1. The Balaban J connectivity index is 2.33. The average molecular weight is 196 g/mol. The van der Waals surface area contributed by atoms with Gasteiger partial charge in [-0.25, -0.2) is 9.97 Å². The van der Waals surface area contributed by atoms with E-state index in [0.717, 1.165) is 25.2 Å². The number of nitrogens with one attached hydrogen (secondary N) is 1. The lowest BCUT2D eigenvalue weighted by Crippen LogP contribution is -2.03. The van der Waals surface area contributed by atoms with Crippen molar-refractivity contribution in [1.29, 1.82) is 0 Å². The van der Waals surface area contributed by atoms with Gasteiger partial charge in [0.05, 0.1) is 0 Å². The zero-order valence-corrected chi connectivity index (χ0v) is 7.88. The molecule has 1 heterocycles. The molecule has 0 aliphatic carbocycles. The smallest absolute Gasteiger partial charge is 0.224 e. The molecule has 68 valence electrons. The third-order valence-electron chi connectivity index (χ3n) is 1.43. The minimum absolute atomic E-state index is 0.252. The summed E-state index contributed by atoms with van der Waals surface area (Å²) in [4.78, 5) is 7.73. The third-order valence-corrected chi connectivity index (χ3v) is 1.61. The van der Waals surface area contributed by atoms with E-state index >= 15 is 0 Å². The first-order valence-corrected chi connectivity index (χ1v) is 4.36. The van der Waals surface area contributed by atoms with Gasteiger partial charge in [0.1, 0.15) is 5.82 Å². The van der Waals surface area contributed by atoms with Crippen molar-refractivity contribution in [3.8, 4) is 12.3 Å². The highest BCUT2D eigenvalue weighted by atomic mass is 35.5. The van der Waals surface area contributed by atoms with E-state index in [9.17, 15) is 0 Å². The van der Waals surface area contributed by atoms with E-state index in [1.165, 1.54) is 0 Å². The minimum atomic E-state index is 0.252. The van der Waals surface area contributed by atoms with Crippen molar-refractivity contribution in [2.45, 2.75) is 12.8 Å². The van der Waals surface area contributed by atoms with Gasteiger partial charge in [0, 0.05) is 19.2 Å². The topological polar surface area (TPSA) is 37.8 Å². The predicted molar refractivity (Wildman–Crippen MR) is 53.6 cm³/mol. The van der Waals surface area contributed by atoms with Crippen molar-refractivity contribution in [2.24, 2.45) is 0 Å². The van der Waals surface area contributed by atoms with E-state index in [4.69, 9.17) is 18.0 Å². The van der Waals surface area contributed by atoms with Gasteiger partial charge >= 0.3 is 0 Å². The van der Waals surface area contributed by atoms with Crippen molar-refractivity contribution in [2.75, 3.05) is 11.9 Å². The highest BCUT2D eigenvalue weighted by Crippen LogP contribution is 2.05. The Morgan fingerprint density at radius 1 is 1.62 bits per heavy atom. The minimum Gasteiger partial charge on any atom is -0.370 e. The van der Waals surface area contributed by atoms with E-state index in [-0.39, 0.29) is 5.28 Å². The summed E-state index contributed by atoms with van der Waals surface area (Å²) < 4.78 is 0. The largest absolute Gasteiger partial charge is 0.370 e. The molecule has 1 rings (SSSR count). The van der Waals surface area contributed by atoms with Crippen molar-refractivity contribution >= 4 is 17.4 Å². The number of terminal acetylenes is 1. The van der Waals surface area contributed by atoms with Crippen LogP contribution in [0.15, 0.2) is 12.3 Å². The van der Waals surface area contributed by atoms with Crippen LogP contribution in [0, 0.1) is 12.3 Å². The van der Waals surface area contributed by atoms with Gasteiger partial charge in [0.2, 0.25) is 5.28 Å². The SMILES string of the molecule is C#CCCCNc1ccnc(Cl)n1. The van der Waals surface area contributed by atoms with Crippen molar-refractivity contribution in [3.63, 3.8) is 0 Å². The Labute approximate surface area is 82.5 Å². The van der Waals surface area contributed by atoms with Crippen LogP contribution in [0.2, 0.25) is 5.28 Å². The zero-order chi connectivity index (χ0) is 9.52. The summed E-state index contributed by atoms with van der Waals surface area (Å²) in [7, 11) is 0. The number of rotatable bonds is 4. The van der Waals surface area contributed by atoms with Gasteiger partial charge in [-0.15, -0.1) is 12.3 Å². The summed E-state index contributed by atoms with van der Waals surface area (Å²) in [5, 5.41) is 3.34. The summed E-state index contributed by atoms with van der Waals surface area (Å²) in [6.45, 7) is 0.803. The molecule has 0 fully saturated rings. The van der Waals surface area contributed by atoms with Crippen LogP contribution in [-0.4, -0.2) is 16.5 Å². The van der Waals surface area contributed by atoms with Gasteiger partial charge in [-0.2, -0.15) is 0 Å². The number of nitrogens with zero attached hydrogens (tertiary/aromatic N) is 2. The molecule has 13 heavy (non-hydrogen) atoms. The fraction of sp³-hybridized carbons (Fsp3) is 0.333. The predicted octanol–water partition coefficient (Wildman–Crippen LogP) is 1.96. The molecule has 0 bridgehead atoms. The molecule has 0 radical (unpaired) electrons. The number of hydrogen-bond donors (Lipinski definition) is 1. The molecule has 0 unspecified atom stereocenters. The first-order valence-electron chi connectivity index (χ1n) is 3.99. The van der Waals surface area contributed by atoms with Gasteiger partial charge in [0.25, 0.3) is 0 Å². The van der Waals surface area contributed by atoms with Gasteiger partial charge in [-0.1, -0.05) is 0 Å².